The van der Waals surface area contributed by atoms with Crippen molar-refractivity contribution in [1.29, 1.82) is 0 Å². The molecule has 3 aliphatic carbocycles. The predicted molar refractivity (Wildman–Crippen MR) is 116 cm³/mol. The second kappa shape index (κ2) is 5.92. The maximum Gasteiger partial charge on any atom is 0.341 e. The summed E-state index contributed by atoms with van der Waals surface area (Å²) in [6.45, 7) is 11.2. The number of ether oxygens (including phenoxy) is 3. The van der Waals surface area contributed by atoms with E-state index in [1.807, 2.05) is 13.8 Å². The van der Waals surface area contributed by atoms with Gasteiger partial charge in [-0.15, -0.1) is 0 Å². The van der Waals surface area contributed by atoms with Gasteiger partial charge in [-0.05, 0) is 62.7 Å². The first-order valence-electron chi connectivity index (χ1n) is 12.9. The molecule has 180 valence electrons. The van der Waals surface area contributed by atoms with Crippen LogP contribution in [0.3, 0.4) is 0 Å². The van der Waals surface area contributed by atoms with Gasteiger partial charge in [-0.2, -0.15) is 0 Å². The Morgan fingerprint density at radius 3 is 2.56 bits per heavy atom. The molecular weight excluding hydrogens is 408 g/mol. The van der Waals surface area contributed by atoms with Crippen LogP contribution in [0.5, 0.6) is 0 Å². The van der Waals surface area contributed by atoms with Crippen LogP contribution < -0.4 is 0 Å². The number of rotatable bonds is 6. The molecule has 3 saturated carbocycles. The first-order chi connectivity index (χ1) is 14.9. The lowest BCUT2D eigenvalue weighted by molar-refractivity contribution is -0.324. The predicted octanol–water partition coefficient (Wildman–Crippen LogP) is 3.92. The van der Waals surface area contributed by atoms with E-state index in [0.29, 0.717) is 49.5 Å². The van der Waals surface area contributed by atoms with Crippen molar-refractivity contribution in [3.05, 3.63) is 0 Å². The molecule has 6 heteroatoms. The summed E-state index contributed by atoms with van der Waals surface area (Å²) in [6, 6.07) is 0. The average molecular weight is 449 g/mol. The second-order valence-electron chi connectivity index (χ2n) is 12.9. The third kappa shape index (κ3) is 2.00. The van der Waals surface area contributed by atoms with Crippen LogP contribution in [0.25, 0.3) is 0 Å². The van der Waals surface area contributed by atoms with E-state index in [9.17, 15) is 15.0 Å². The second-order valence-corrected chi connectivity index (χ2v) is 12.9. The Morgan fingerprint density at radius 2 is 1.94 bits per heavy atom. The van der Waals surface area contributed by atoms with Crippen LogP contribution >= 0.6 is 0 Å². The normalized spacial score (nSPS) is 57.8. The van der Waals surface area contributed by atoms with Gasteiger partial charge in [-0.25, -0.2) is 4.79 Å². The van der Waals surface area contributed by atoms with Gasteiger partial charge in [0, 0.05) is 23.7 Å². The largest absolute Gasteiger partial charge is 0.430 e. The van der Waals surface area contributed by atoms with Crippen molar-refractivity contribution in [2.24, 2.45) is 33.5 Å². The Labute approximate surface area is 191 Å². The molecular formula is C26H40O6. The van der Waals surface area contributed by atoms with E-state index in [-0.39, 0.29) is 17.5 Å². The van der Waals surface area contributed by atoms with Crippen molar-refractivity contribution in [1.82, 2.24) is 0 Å². The summed E-state index contributed by atoms with van der Waals surface area (Å²) in [5.41, 5.74) is -2.28. The van der Waals surface area contributed by atoms with Crippen molar-refractivity contribution in [2.75, 3.05) is 6.61 Å². The molecule has 3 heterocycles. The number of hydrogen-bond acceptors (Lipinski definition) is 6. The molecule has 2 unspecified atom stereocenters. The van der Waals surface area contributed by atoms with Crippen LogP contribution in [0.4, 0.5) is 0 Å². The fourth-order valence-electron chi connectivity index (χ4n) is 9.61. The summed E-state index contributed by atoms with van der Waals surface area (Å²) in [5.74, 6) is -1.67. The Bertz CT molecular complexity index is 874. The number of aliphatic hydroxyl groups excluding tert-OH is 1. The van der Waals surface area contributed by atoms with E-state index in [2.05, 4.69) is 20.8 Å². The summed E-state index contributed by atoms with van der Waals surface area (Å²) in [7, 11) is 0. The lowest BCUT2D eigenvalue weighted by Gasteiger charge is -2.54. The number of esters is 1. The monoisotopic (exact) mass is 448 g/mol. The summed E-state index contributed by atoms with van der Waals surface area (Å²) >= 11 is 0. The Kier molecular flexibility index (Phi) is 4.04. The van der Waals surface area contributed by atoms with E-state index in [4.69, 9.17) is 14.2 Å². The van der Waals surface area contributed by atoms with Gasteiger partial charge in [-0.1, -0.05) is 34.1 Å². The van der Waals surface area contributed by atoms with Crippen molar-refractivity contribution in [3.63, 3.8) is 0 Å². The molecule has 2 spiro atoms. The number of fused-ring (bicyclic) bond motifs is 3. The Morgan fingerprint density at radius 1 is 1.19 bits per heavy atom. The topological polar surface area (TPSA) is 85.2 Å². The van der Waals surface area contributed by atoms with Gasteiger partial charge in [0.15, 0.2) is 11.4 Å². The first-order valence-corrected chi connectivity index (χ1v) is 12.9. The molecule has 2 bridgehead atoms. The van der Waals surface area contributed by atoms with Crippen LogP contribution in [0.15, 0.2) is 0 Å². The smallest absolute Gasteiger partial charge is 0.341 e. The van der Waals surface area contributed by atoms with Crippen molar-refractivity contribution in [3.8, 4) is 0 Å². The molecule has 0 aromatic rings. The Hall–Kier alpha value is -0.690. The molecule has 3 aliphatic heterocycles. The molecule has 2 N–H and O–H groups in total. The van der Waals surface area contributed by atoms with Crippen LogP contribution in [-0.4, -0.2) is 46.1 Å². The summed E-state index contributed by atoms with van der Waals surface area (Å²) in [5, 5.41) is 22.1. The average Bonchev–Trinajstić information content (AvgIpc) is 3.14. The molecule has 0 amide bonds. The minimum atomic E-state index is -1.39. The number of aliphatic hydroxyl groups is 2. The lowest BCUT2D eigenvalue weighted by atomic mass is 9.46. The van der Waals surface area contributed by atoms with Crippen LogP contribution in [0.1, 0.15) is 92.4 Å². The molecule has 0 aromatic heterocycles. The molecule has 0 aromatic carbocycles. The SMILES string of the molecule is CCC(O)CCC[C@]1(C)C[C@@]23OCC4(CC[C@@]5(C(C)C)C[C@@H]45)[C@@]24C[C@@]1(O)O[C@@]4(C)C(=O)O3. The molecule has 32 heavy (non-hydrogen) atoms. The van der Waals surface area contributed by atoms with Gasteiger partial charge in [0.25, 0.3) is 0 Å². The highest BCUT2D eigenvalue weighted by Gasteiger charge is 2.96. The van der Waals surface area contributed by atoms with Crippen molar-refractivity contribution >= 4 is 5.97 Å². The van der Waals surface area contributed by atoms with E-state index < -0.39 is 28.0 Å². The maximum absolute atomic E-state index is 13.4. The third-order valence-electron chi connectivity index (χ3n) is 11.7. The first kappa shape index (κ1) is 21.8. The van der Waals surface area contributed by atoms with Gasteiger partial charge < -0.3 is 24.4 Å². The third-order valence-corrected chi connectivity index (χ3v) is 11.7. The lowest BCUT2D eigenvalue weighted by Crippen LogP contribution is -2.63. The Balaban J connectivity index is 1.42. The van der Waals surface area contributed by atoms with Gasteiger partial charge in [-0.3, -0.25) is 0 Å². The molecule has 9 atom stereocenters. The van der Waals surface area contributed by atoms with Crippen molar-refractivity contribution < 1.29 is 29.2 Å². The van der Waals surface area contributed by atoms with E-state index >= 15 is 0 Å². The van der Waals surface area contributed by atoms with Gasteiger partial charge >= 0.3 is 5.97 Å². The minimum absolute atomic E-state index is 0.178. The van der Waals surface area contributed by atoms with E-state index in [0.717, 1.165) is 25.7 Å². The summed E-state index contributed by atoms with van der Waals surface area (Å²) in [6.07, 6.45) is 6.80. The van der Waals surface area contributed by atoms with E-state index in [1.165, 1.54) is 6.42 Å². The standard InChI is InChI=1S/C26H40O6/c1-6-17(27)8-7-9-20(4)13-26-24(14-25(20,29)32-21(24,5)19(28)31-26)23(15-30-26)11-10-22(16(2)3)12-18(22)23/h16-18,27,29H,6-15H2,1-5H3/t17?,18-,20-,21+,22+,23?,24+,25-,26+/m1/s1. The highest BCUT2D eigenvalue weighted by Crippen LogP contribution is 2.89. The molecule has 6 nitrogen and oxygen atoms in total. The zero-order valence-corrected chi connectivity index (χ0v) is 20.3. The van der Waals surface area contributed by atoms with Gasteiger partial charge in [0.05, 0.1) is 18.1 Å². The molecule has 0 radical (unpaired) electrons. The molecule has 6 aliphatic rings. The molecule has 3 saturated heterocycles. The molecule has 6 rings (SSSR count). The maximum atomic E-state index is 13.4. The minimum Gasteiger partial charge on any atom is -0.430 e. The quantitative estimate of drug-likeness (QED) is 0.599. The number of carbonyl (C=O) groups is 1. The summed E-state index contributed by atoms with van der Waals surface area (Å²) < 4.78 is 19.4. The highest BCUT2D eigenvalue weighted by molar-refractivity contribution is 5.85. The van der Waals surface area contributed by atoms with Crippen LogP contribution in [0.2, 0.25) is 0 Å². The van der Waals surface area contributed by atoms with Gasteiger partial charge in [0.1, 0.15) is 0 Å². The summed E-state index contributed by atoms with van der Waals surface area (Å²) in [4.78, 5) is 13.4. The van der Waals surface area contributed by atoms with Gasteiger partial charge in [0.2, 0.25) is 5.79 Å². The van der Waals surface area contributed by atoms with E-state index in [1.54, 1.807) is 0 Å². The fraction of sp³-hybridized carbons (Fsp3) is 0.962. The zero-order valence-electron chi connectivity index (χ0n) is 20.3. The zero-order chi connectivity index (χ0) is 23.0. The van der Waals surface area contributed by atoms with Crippen LogP contribution in [-0.2, 0) is 19.0 Å². The van der Waals surface area contributed by atoms with Crippen LogP contribution in [0, 0.1) is 33.5 Å². The highest BCUT2D eigenvalue weighted by atomic mass is 16.8. The number of hydrogen-bond donors (Lipinski definition) is 2. The van der Waals surface area contributed by atoms with Crippen molar-refractivity contribution in [2.45, 2.75) is 116 Å². The fourth-order valence-corrected chi connectivity index (χ4v) is 9.61. The number of carbonyl (C=O) groups excluding carboxylic acids is 1. The molecule has 6 fully saturated rings.